The first-order valence-electron chi connectivity index (χ1n) is 9.42. The monoisotopic (exact) mass is 363 g/mol. The molecule has 0 unspecified atom stereocenters. The van der Waals surface area contributed by atoms with Crippen LogP contribution in [0.15, 0.2) is 42.6 Å². The molecule has 0 N–H and O–H groups in total. The molecule has 1 aromatic carbocycles. The van der Waals surface area contributed by atoms with Crippen molar-refractivity contribution >= 4 is 16.9 Å². The molecule has 1 aliphatic rings. The van der Waals surface area contributed by atoms with Gasteiger partial charge in [-0.1, -0.05) is 18.2 Å². The Labute approximate surface area is 159 Å². The highest BCUT2D eigenvalue weighted by atomic mass is 16.5. The fourth-order valence-corrected chi connectivity index (χ4v) is 4.29. The van der Waals surface area contributed by atoms with Gasteiger partial charge in [0.2, 0.25) is 0 Å². The summed E-state index contributed by atoms with van der Waals surface area (Å²) in [6.45, 7) is 3.63. The van der Waals surface area contributed by atoms with Crippen molar-refractivity contribution in [2.45, 2.75) is 32.4 Å². The third-order valence-electron chi connectivity index (χ3n) is 5.66. The molecule has 2 aromatic heterocycles. The molecule has 0 aliphatic carbocycles. The zero-order valence-corrected chi connectivity index (χ0v) is 16.1. The lowest BCUT2D eigenvalue weighted by Crippen LogP contribution is -2.26. The van der Waals surface area contributed by atoms with Crippen molar-refractivity contribution in [2.24, 2.45) is 7.05 Å². The zero-order valence-electron chi connectivity index (χ0n) is 16.1. The highest BCUT2D eigenvalue weighted by Crippen LogP contribution is 2.34. The number of aryl methyl sites for hydroxylation is 2. The predicted octanol–water partition coefficient (Wildman–Crippen LogP) is 4.01. The molecule has 27 heavy (non-hydrogen) atoms. The van der Waals surface area contributed by atoms with Crippen molar-refractivity contribution in [1.82, 2.24) is 14.5 Å². The lowest BCUT2D eigenvalue weighted by atomic mass is 10.0. The minimum Gasteiger partial charge on any atom is -0.465 e. The minimum atomic E-state index is -0.310. The smallest absolute Gasteiger partial charge is 0.340 e. The van der Waals surface area contributed by atoms with Gasteiger partial charge in [0.05, 0.1) is 29.9 Å². The second-order valence-corrected chi connectivity index (χ2v) is 7.24. The Balaban J connectivity index is 1.76. The van der Waals surface area contributed by atoms with E-state index in [9.17, 15) is 4.79 Å². The van der Waals surface area contributed by atoms with Crippen LogP contribution in [0.25, 0.3) is 10.9 Å². The number of ether oxygens (including phenoxy) is 1. The van der Waals surface area contributed by atoms with Crippen molar-refractivity contribution in [2.75, 3.05) is 13.7 Å². The van der Waals surface area contributed by atoms with Crippen molar-refractivity contribution in [3.05, 3.63) is 65.1 Å². The van der Waals surface area contributed by atoms with E-state index < -0.39 is 0 Å². The molecule has 140 valence electrons. The number of hydrogen-bond donors (Lipinski definition) is 0. The van der Waals surface area contributed by atoms with Crippen LogP contribution in [0.3, 0.4) is 0 Å². The Morgan fingerprint density at radius 2 is 2.07 bits per heavy atom. The van der Waals surface area contributed by atoms with E-state index in [-0.39, 0.29) is 5.97 Å². The molecule has 0 radical (unpaired) electrons. The van der Waals surface area contributed by atoms with E-state index in [1.54, 1.807) is 0 Å². The van der Waals surface area contributed by atoms with Crippen molar-refractivity contribution in [3.8, 4) is 0 Å². The number of esters is 1. The molecule has 0 saturated carbocycles. The van der Waals surface area contributed by atoms with Crippen molar-refractivity contribution in [3.63, 3.8) is 0 Å². The molecule has 0 spiro atoms. The molecule has 0 amide bonds. The van der Waals surface area contributed by atoms with E-state index in [1.165, 1.54) is 12.8 Å². The molecule has 1 fully saturated rings. The Bertz CT molecular complexity index is 992. The number of rotatable bonds is 4. The number of likely N-dealkylation sites (tertiary alicyclic amines) is 1. The summed E-state index contributed by atoms with van der Waals surface area (Å²) in [6, 6.07) is 12.6. The van der Waals surface area contributed by atoms with Crippen molar-refractivity contribution < 1.29 is 9.53 Å². The molecular weight excluding hydrogens is 338 g/mol. The molecule has 3 aromatic rings. The largest absolute Gasteiger partial charge is 0.465 e. The number of carbonyl (C=O) groups excluding carboxylic acids is 1. The fraction of sp³-hybridized carbons (Fsp3) is 0.364. The van der Waals surface area contributed by atoms with Gasteiger partial charge < -0.3 is 9.30 Å². The maximum absolute atomic E-state index is 12.6. The Morgan fingerprint density at radius 1 is 1.26 bits per heavy atom. The van der Waals surface area contributed by atoms with Gasteiger partial charge >= 0.3 is 5.97 Å². The summed E-state index contributed by atoms with van der Waals surface area (Å²) in [5.74, 6) is -0.310. The molecule has 0 bridgehead atoms. The first kappa shape index (κ1) is 17.7. The summed E-state index contributed by atoms with van der Waals surface area (Å²) < 4.78 is 7.27. The van der Waals surface area contributed by atoms with Crippen LogP contribution in [0.4, 0.5) is 0 Å². The van der Waals surface area contributed by atoms with E-state index in [0.29, 0.717) is 18.2 Å². The van der Waals surface area contributed by atoms with Crippen LogP contribution < -0.4 is 0 Å². The van der Waals surface area contributed by atoms with Gasteiger partial charge in [-0.3, -0.25) is 9.88 Å². The van der Waals surface area contributed by atoms with Crippen LogP contribution >= 0.6 is 0 Å². The van der Waals surface area contributed by atoms with E-state index in [4.69, 9.17) is 9.72 Å². The number of hydrogen-bond acceptors (Lipinski definition) is 4. The molecule has 3 heterocycles. The summed E-state index contributed by atoms with van der Waals surface area (Å²) in [5.41, 5.74) is 4.59. The number of methoxy groups -OCH3 is 1. The van der Waals surface area contributed by atoms with Crippen LogP contribution in [0.5, 0.6) is 0 Å². The lowest BCUT2D eigenvalue weighted by molar-refractivity contribution is 0.0596. The lowest BCUT2D eigenvalue weighted by Gasteiger charge is -2.26. The summed E-state index contributed by atoms with van der Waals surface area (Å²) in [5, 5.41) is 1.00. The van der Waals surface area contributed by atoms with Gasteiger partial charge in [0.1, 0.15) is 0 Å². The normalized spacial score (nSPS) is 17.5. The summed E-state index contributed by atoms with van der Waals surface area (Å²) >= 11 is 0. The van der Waals surface area contributed by atoms with Crippen molar-refractivity contribution in [1.29, 1.82) is 0 Å². The number of nitrogens with zero attached hydrogens (tertiary/aromatic N) is 3. The van der Waals surface area contributed by atoms with E-state index >= 15 is 0 Å². The van der Waals surface area contributed by atoms with Crippen LogP contribution in [-0.4, -0.2) is 34.1 Å². The molecule has 1 atom stereocenters. The number of benzene rings is 1. The van der Waals surface area contributed by atoms with Crippen LogP contribution in [0.1, 0.15) is 46.2 Å². The number of pyridine rings is 1. The molecule has 5 nitrogen and oxygen atoms in total. The number of aromatic nitrogens is 2. The Kier molecular flexibility index (Phi) is 4.70. The minimum absolute atomic E-state index is 0.310. The van der Waals surface area contributed by atoms with E-state index in [0.717, 1.165) is 41.5 Å². The zero-order chi connectivity index (χ0) is 19.0. The number of fused-ring (bicyclic) bond motifs is 1. The predicted molar refractivity (Wildman–Crippen MR) is 106 cm³/mol. The third-order valence-corrected chi connectivity index (χ3v) is 5.66. The third kappa shape index (κ3) is 3.12. The quantitative estimate of drug-likeness (QED) is 0.657. The van der Waals surface area contributed by atoms with Gasteiger partial charge in [0.25, 0.3) is 0 Å². The van der Waals surface area contributed by atoms with Crippen LogP contribution in [0.2, 0.25) is 0 Å². The van der Waals surface area contributed by atoms with Gasteiger partial charge in [-0.2, -0.15) is 0 Å². The van der Waals surface area contributed by atoms with Gasteiger partial charge in [0, 0.05) is 30.9 Å². The first-order chi connectivity index (χ1) is 13.1. The maximum Gasteiger partial charge on any atom is 0.340 e. The maximum atomic E-state index is 12.6. The van der Waals surface area contributed by atoms with Crippen LogP contribution in [-0.2, 0) is 18.3 Å². The molecule has 4 rings (SSSR count). The second kappa shape index (κ2) is 7.16. The highest BCUT2D eigenvalue weighted by Gasteiger charge is 2.30. The summed E-state index contributed by atoms with van der Waals surface area (Å²) in [7, 11) is 3.52. The van der Waals surface area contributed by atoms with Gasteiger partial charge in [-0.25, -0.2) is 4.79 Å². The molecule has 5 heteroatoms. The summed E-state index contributed by atoms with van der Waals surface area (Å²) in [6.07, 6.45) is 4.36. The second-order valence-electron chi connectivity index (χ2n) is 7.24. The molecular formula is C22H25N3O2. The van der Waals surface area contributed by atoms with E-state index in [1.807, 2.05) is 31.2 Å². The number of carbonyl (C=O) groups is 1. The average molecular weight is 363 g/mol. The molecule has 1 aliphatic heterocycles. The summed E-state index contributed by atoms with van der Waals surface area (Å²) in [4.78, 5) is 19.8. The first-order valence-corrected chi connectivity index (χ1v) is 9.42. The van der Waals surface area contributed by atoms with Gasteiger partial charge in [-0.15, -0.1) is 0 Å². The molecule has 1 saturated heterocycles. The SMILES string of the molecule is COC(=O)c1c(CN2CCC[C@H]2c2cccn2C)nc2ccccc2c1C. The topological polar surface area (TPSA) is 47.4 Å². The number of para-hydroxylation sites is 1. The van der Waals surface area contributed by atoms with Crippen LogP contribution in [0, 0.1) is 6.92 Å². The van der Waals surface area contributed by atoms with E-state index in [2.05, 4.69) is 34.8 Å². The Morgan fingerprint density at radius 3 is 2.81 bits per heavy atom. The van der Waals surface area contributed by atoms with Gasteiger partial charge in [-0.05, 0) is 50.1 Å². The highest BCUT2D eigenvalue weighted by molar-refractivity contribution is 5.98. The average Bonchev–Trinajstić information content (AvgIpc) is 3.30. The fourth-order valence-electron chi connectivity index (χ4n) is 4.29. The Hall–Kier alpha value is -2.66. The standard InChI is InChI=1S/C22H25N3O2/c1-15-16-8-4-5-9-17(16)23-18(21(15)22(26)27-3)14-25-13-7-11-20(25)19-10-6-12-24(19)2/h4-6,8-10,12,20H,7,11,13-14H2,1-3H3/t20-/m0/s1. The van der Waals surface area contributed by atoms with Gasteiger partial charge in [0.15, 0.2) is 0 Å².